The number of nitro groups is 1. The van der Waals surface area contributed by atoms with Crippen molar-refractivity contribution in [3.05, 3.63) is 28.3 Å². The molecule has 0 aliphatic carbocycles. The zero-order valence-electron chi connectivity index (χ0n) is 14.4. The molecule has 2 atom stereocenters. The molecule has 1 aromatic rings. The molecule has 1 aliphatic heterocycles. The molecule has 1 fully saturated rings. The van der Waals surface area contributed by atoms with Gasteiger partial charge >= 0.3 is 0 Å². The van der Waals surface area contributed by atoms with Crippen LogP contribution in [0, 0.1) is 16.0 Å². The molecular weight excluding hydrogens is 330 g/mol. The van der Waals surface area contributed by atoms with Crippen LogP contribution in [0.15, 0.2) is 23.1 Å². The molecule has 1 aliphatic rings. The number of likely N-dealkylation sites (tertiary alicyclic amines) is 1. The van der Waals surface area contributed by atoms with Crippen molar-refractivity contribution < 1.29 is 13.3 Å². The quantitative estimate of drug-likeness (QED) is 0.623. The third kappa shape index (κ3) is 4.91. The summed E-state index contributed by atoms with van der Waals surface area (Å²) in [5.74, 6) is 0.678. The molecule has 0 bridgehead atoms. The smallest absolute Gasteiger partial charge is 0.270 e. The van der Waals surface area contributed by atoms with Crippen LogP contribution in [0.1, 0.15) is 26.7 Å². The number of non-ortho nitro benzene ring substituents is 1. The van der Waals surface area contributed by atoms with Gasteiger partial charge in [-0.2, -0.15) is 0 Å². The van der Waals surface area contributed by atoms with Crippen LogP contribution in [-0.2, 0) is 9.84 Å². The number of anilines is 1. The molecule has 1 heterocycles. The maximum atomic E-state index is 12.0. The van der Waals surface area contributed by atoms with Crippen molar-refractivity contribution in [1.82, 2.24) is 4.90 Å². The van der Waals surface area contributed by atoms with Gasteiger partial charge in [0, 0.05) is 37.5 Å². The van der Waals surface area contributed by atoms with Gasteiger partial charge in [0.05, 0.1) is 15.5 Å². The van der Waals surface area contributed by atoms with Gasteiger partial charge in [-0.3, -0.25) is 10.1 Å². The van der Waals surface area contributed by atoms with E-state index in [4.69, 9.17) is 0 Å². The van der Waals surface area contributed by atoms with Crippen LogP contribution in [-0.4, -0.2) is 50.2 Å². The summed E-state index contributed by atoms with van der Waals surface area (Å²) in [6.45, 7) is 7.14. The zero-order valence-corrected chi connectivity index (χ0v) is 15.2. The monoisotopic (exact) mass is 355 g/mol. The number of nitro benzene ring substituents is 1. The number of benzene rings is 1. The van der Waals surface area contributed by atoms with Gasteiger partial charge in [0.1, 0.15) is 0 Å². The summed E-state index contributed by atoms with van der Waals surface area (Å²) in [4.78, 5) is 12.6. The summed E-state index contributed by atoms with van der Waals surface area (Å²) < 4.78 is 23.9. The van der Waals surface area contributed by atoms with Crippen LogP contribution in [0.2, 0.25) is 0 Å². The average Bonchev–Trinajstić information content (AvgIpc) is 2.46. The van der Waals surface area contributed by atoms with Crippen molar-refractivity contribution in [2.45, 2.75) is 37.6 Å². The Morgan fingerprint density at radius 2 is 2.17 bits per heavy atom. The molecule has 2 rings (SSSR count). The molecule has 7 nitrogen and oxygen atoms in total. The van der Waals surface area contributed by atoms with E-state index in [1.165, 1.54) is 25.0 Å². The van der Waals surface area contributed by atoms with Gasteiger partial charge in [-0.05, 0) is 38.3 Å². The van der Waals surface area contributed by atoms with E-state index in [1.807, 2.05) is 6.92 Å². The summed E-state index contributed by atoms with van der Waals surface area (Å²) in [6.07, 6.45) is 3.49. The fourth-order valence-electron chi connectivity index (χ4n) is 3.20. The lowest BCUT2D eigenvalue weighted by Gasteiger charge is -2.33. The number of nitrogens with zero attached hydrogens (tertiary/aromatic N) is 2. The summed E-state index contributed by atoms with van der Waals surface area (Å²) >= 11 is 0. The second kappa shape index (κ2) is 7.48. The minimum atomic E-state index is -3.56. The van der Waals surface area contributed by atoms with Crippen LogP contribution in [0.25, 0.3) is 0 Å². The van der Waals surface area contributed by atoms with E-state index in [1.54, 1.807) is 0 Å². The molecule has 1 aromatic carbocycles. The van der Waals surface area contributed by atoms with Crippen molar-refractivity contribution in [3.8, 4) is 0 Å². The Balaban J connectivity index is 2.14. The first-order valence-electron chi connectivity index (χ1n) is 8.14. The first kappa shape index (κ1) is 18.7. The number of rotatable bonds is 6. The number of hydrogen-bond donors (Lipinski definition) is 1. The molecule has 24 heavy (non-hydrogen) atoms. The molecule has 1 saturated heterocycles. The van der Waals surface area contributed by atoms with Crippen molar-refractivity contribution in [2.75, 3.05) is 31.2 Å². The Labute approximate surface area is 143 Å². The Kier molecular flexibility index (Phi) is 5.82. The van der Waals surface area contributed by atoms with Gasteiger partial charge in [-0.15, -0.1) is 0 Å². The molecule has 0 radical (unpaired) electrons. The Morgan fingerprint density at radius 3 is 2.75 bits per heavy atom. The highest BCUT2D eigenvalue weighted by Crippen LogP contribution is 2.27. The maximum absolute atomic E-state index is 12.0. The van der Waals surface area contributed by atoms with E-state index in [2.05, 4.69) is 17.1 Å². The van der Waals surface area contributed by atoms with Crippen molar-refractivity contribution in [1.29, 1.82) is 0 Å². The molecule has 0 amide bonds. The van der Waals surface area contributed by atoms with Crippen LogP contribution in [0.5, 0.6) is 0 Å². The van der Waals surface area contributed by atoms with Crippen molar-refractivity contribution >= 4 is 21.2 Å². The molecule has 0 aromatic heterocycles. The summed E-state index contributed by atoms with van der Waals surface area (Å²) in [5, 5.41) is 14.1. The van der Waals surface area contributed by atoms with Gasteiger partial charge in [-0.25, -0.2) is 8.42 Å². The van der Waals surface area contributed by atoms with Gasteiger partial charge in [0.2, 0.25) is 0 Å². The highest BCUT2D eigenvalue weighted by Gasteiger charge is 2.21. The standard InChI is InChI=1S/C16H25N3O4S/c1-12-5-4-8-18(10-12)11-13(2)17-15-7-6-14(19(20)21)9-16(15)24(3,22)23/h6-7,9,12-13,17H,4-5,8,10-11H2,1-3H3. The number of nitrogens with one attached hydrogen (secondary N) is 1. The molecule has 1 N–H and O–H groups in total. The predicted molar refractivity (Wildman–Crippen MR) is 94.1 cm³/mol. The fraction of sp³-hybridized carbons (Fsp3) is 0.625. The first-order chi connectivity index (χ1) is 11.2. The van der Waals surface area contributed by atoms with E-state index >= 15 is 0 Å². The Hall–Kier alpha value is -1.67. The third-order valence-electron chi connectivity index (χ3n) is 4.25. The van der Waals surface area contributed by atoms with E-state index in [9.17, 15) is 18.5 Å². The Morgan fingerprint density at radius 1 is 1.46 bits per heavy atom. The summed E-state index contributed by atoms with van der Waals surface area (Å²) in [6, 6.07) is 3.96. The molecule has 0 spiro atoms. The summed E-state index contributed by atoms with van der Waals surface area (Å²) in [5.41, 5.74) is 0.194. The van der Waals surface area contributed by atoms with E-state index in [-0.39, 0.29) is 16.6 Å². The lowest BCUT2D eigenvalue weighted by atomic mass is 10.00. The second-order valence-corrected chi connectivity index (χ2v) is 8.75. The first-order valence-corrected chi connectivity index (χ1v) is 10.0. The van der Waals surface area contributed by atoms with Gasteiger partial charge < -0.3 is 10.2 Å². The minimum Gasteiger partial charge on any atom is -0.380 e. The molecular formula is C16H25N3O4S. The van der Waals surface area contributed by atoms with Gasteiger partial charge in [-0.1, -0.05) is 6.92 Å². The van der Waals surface area contributed by atoms with Crippen LogP contribution in [0.4, 0.5) is 11.4 Å². The molecule has 0 saturated carbocycles. The van der Waals surface area contributed by atoms with Crippen LogP contribution < -0.4 is 5.32 Å². The molecule has 8 heteroatoms. The second-order valence-electron chi connectivity index (χ2n) is 6.76. The van der Waals surface area contributed by atoms with Crippen molar-refractivity contribution in [2.24, 2.45) is 5.92 Å². The van der Waals surface area contributed by atoms with Crippen LogP contribution in [0.3, 0.4) is 0 Å². The lowest BCUT2D eigenvalue weighted by Crippen LogP contribution is -2.41. The number of piperidine rings is 1. The van der Waals surface area contributed by atoms with E-state index in [0.717, 1.165) is 32.0 Å². The summed E-state index contributed by atoms with van der Waals surface area (Å²) in [7, 11) is -3.56. The van der Waals surface area contributed by atoms with Gasteiger partial charge in [0.25, 0.3) is 5.69 Å². The Bertz CT molecular complexity index is 705. The number of sulfone groups is 1. The highest BCUT2D eigenvalue weighted by molar-refractivity contribution is 7.90. The van der Waals surface area contributed by atoms with E-state index < -0.39 is 14.8 Å². The van der Waals surface area contributed by atoms with E-state index in [0.29, 0.717) is 11.6 Å². The number of hydrogen-bond acceptors (Lipinski definition) is 6. The van der Waals surface area contributed by atoms with Crippen LogP contribution >= 0.6 is 0 Å². The minimum absolute atomic E-state index is 0.0319. The topological polar surface area (TPSA) is 92.5 Å². The fourth-order valence-corrected chi connectivity index (χ4v) is 4.06. The third-order valence-corrected chi connectivity index (χ3v) is 5.39. The van der Waals surface area contributed by atoms with Gasteiger partial charge in [0.15, 0.2) is 9.84 Å². The van der Waals surface area contributed by atoms with Crippen molar-refractivity contribution in [3.63, 3.8) is 0 Å². The normalized spacial score (nSPS) is 20.5. The lowest BCUT2D eigenvalue weighted by molar-refractivity contribution is -0.385. The highest BCUT2D eigenvalue weighted by atomic mass is 32.2. The largest absolute Gasteiger partial charge is 0.380 e. The maximum Gasteiger partial charge on any atom is 0.270 e. The average molecular weight is 355 g/mol. The molecule has 2 unspecified atom stereocenters. The zero-order chi connectivity index (χ0) is 17.9. The SMILES string of the molecule is CC1CCCN(CC(C)Nc2ccc([N+](=O)[O-])cc2S(C)(=O)=O)C1. The molecule has 134 valence electrons. The predicted octanol–water partition coefficient (Wildman–Crippen LogP) is 2.53.